The van der Waals surface area contributed by atoms with Gasteiger partial charge in [0.1, 0.15) is 4.92 Å². The first-order chi connectivity index (χ1) is 11.2. The summed E-state index contributed by atoms with van der Waals surface area (Å²) in [6.07, 6.45) is 0. The summed E-state index contributed by atoms with van der Waals surface area (Å²) >= 11 is 0. The topological polar surface area (TPSA) is 149 Å². The van der Waals surface area contributed by atoms with Gasteiger partial charge in [0.05, 0.1) is 11.0 Å². The van der Waals surface area contributed by atoms with E-state index in [1.165, 1.54) is 24.3 Å². The molecule has 1 aromatic carbocycles. The number of nitrogens with one attached hydrogen (secondary N) is 2. The van der Waals surface area contributed by atoms with Crippen LogP contribution >= 0.6 is 0 Å². The minimum atomic E-state index is -3.97. The lowest BCUT2D eigenvalue weighted by molar-refractivity contribution is -0.402. The average Bonchev–Trinajstić information content (AvgIpc) is 2.96. The Labute approximate surface area is 135 Å². The Hall–Kier alpha value is -3.21. The second-order valence-corrected chi connectivity index (χ2v) is 6.22. The number of amides is 2. The average molecular weight is 353 g/mol. The number of nitrogens with zero attached hydrogens (tertiary/aromatic N) is 1. The highest BCUT2D eigenvalue weighted by Crippen LogP contribution is 2.18. The largest absolute Gasteiger partial charge is 0.433 e. The number of sulfonamides is 1. The molecule has 0 saturated carbocycles. The van der Waals surface area contributed by atoms with Gasteiger partial charge in [0.25, 0.3) is 15.9 Å². The van der Waals surface area contributed by atoms with E-state index < -0.39 is 32.6 Å². The molecule has 11 heteroatoms. The molecule has 2 amide bonds. The molecule has 0 bridgehead atoms. The Morgan fingerprint density at radius 3 is 2.25 bits per heavy atom. The quantitative estimate of drug-likeness (QED) is 0.607. The zero-order valence-electron chi connectivity index (χ0n) is 12.2. The van der Waals surface area contributed by atoms with E-state index >= 15 is 0 Å². The second-order valence-electron chi connectivity index (χ2n) is 4.54. The molecule has 0 fully saturated rings. The number of hydrogen-bond donors (Lipinski definition) is 2. The molecule has 126 valence electrons. The Morgan fingerprint density at radius 2 is 1.75 bits per heavy atom. The third-order valence-corrected chi connectivity index (χ3v) is 4.15. The molecular weight excluding hydrogens is 342 g/mol. The van der Waals surface area contributed by atoms with E-state index in [0.29, 0.717) is 0 Å². The molecule has 1 heterocycles. The van der Waals surface area contributed by atoms with Crippen molar-refractivity contribution in [3.05, 3.63) is 52.3 Å². The van der Waals surface area contributed by atoms with Crippen LogP contribution in [-0.2, 0) is 14.8 Å². The first-order valence-corrected chi connectivity index (χ1v) is 7.86. The van der Waals surface area contributed by atoms with E-state index in [1.54, 1.807) is 4.72 Å². The van der Waals surface area contributed by atoms with Crippen LogP contribution in [0.4, 0.5) is 11.6 Å². The number of carbonyl (C=O) groups excluding carboxylic acids is 2. The SMILES string of the molecule is CC(=O)NS(=O)(=O)c1ccc(NC(=O)c2ccc([N+](=O)[O-])o2)cc1. The maximum Gasteiger partial charge on any atom is 0.433 e. The molecular formula is C13H11N3O7S. The molecule has 2 aromatic rings. The van der Waals surface area contributed by atoms with E-state index in [2.05, 4.69) is 5.32 Å². The van der Waals surface area contributed by atoms with Crippen molar-refractivity contribution in [3.8, 4) is 0 Å². The van der Waals surface area contributed by atoms with E-state index in [1.807, 2.05) is 0 Å². The summed E-state index contributed by atoms with van der Waals surface area (Å²) in [6.45, 7) is 1.06. The van der Waals surface area contributed by atoms with Crippen molar-refractivity contribution in [3.63, 3.8) is 0 Å². The van der Waals surface area contributed by atoms with Gasteiger partial charge in [-0.1, -0.05) is 0 Å². The van der Waals surface area contributed by atoms with Gasteiger partial charge < -0.3 is 9.73 Å². The van der Waals surface area contributed by atoms with Gasteiger partial charge in [-0.15, -0.1) is 0 Å². The van der Waals surface area contributed by atoms with E-state index in [4.69, 9.17) is 4.42 Å². The molecule has 0 atom stereocenters. The number of carbonyl (C=O) groups is 2. The van der Waals surface area contributed by atoms with Crippen molar-refractivity contribution in [2.45, 2.75) is 11.8 Å². The molecule has 0 unspecified atom stereocenters. The highest BCUT2D eigenvalue weighted by molar-refractivity contribution is 7.90. The van der Waals surface area contributed by atoms with Crippen LogP contribution in [0, 0.1) is 10.1 Å². The van der Waals surface area contributed by atoms with Crippen molar-refractivity contribution in [2.24, 2.45) is 0 Å². The lowest BCUT2D eigenvalue weighted by Gasteiger charge is -2.06. The fraction of sp³-hybridized carbons (Fsp3) is 0.0769. The molecule has 10 nitrogen and oxygen atoms in total. The number of hydrogen-bond acceptors (Lipinski definition) is 7. The van der Waals surface area contributed by atoms with Gasteiger partial charge in [0, 0.05) is 12.6 Å². The Bertz CT molecular complexity index is 900. The zero-order valence-corrected chi connectivity index (χ0v) is 13.0. The summed E-state index contributed by atoms with van der Waals surface area (Å²) in [4.78, 5) is 32.3. The molecule has 2 N–H and O–H groups in total. The van der Waals surface area contributed by atoms with Crippen LogP contribution in [0.25, 0.3) is 0 Å². The molecule has 0 aliphatic carbocycles. The number of rotatable bonds is 5. The fourth-order valence-corrected chi connectivity index (χ4v) is 2.70. The Morgan fingerprint density at radius 1 is 1.12 bits per heavy atom. The maximum absolute atomic E-state index is 11.9. The number of furan rings is 1. The normalized spacial score (nSPS) is 10.9. The number of nitro groups is 1. The van der Waals surface area contributed by atoms with Crippen LogP contribution in [0.3, 0.4) is 0 Å². The minimum absolute atomic E-state index is 0.163. The van der Waals surface area contributed by atoms with Crippen LogP contribution < -0.4 is 10.0 Å². The molecule has 0 spiro atoms. The van der Waals surface area contributed by atoms with Gasteiger partial charge in [-0.3, -0.25) is 19.7 Å². The summed E-state index contributed by atoms with van der Waals surface area (Å²) < 4.78 is 30.1. The number of anilines is 1. The Kier molecular flexibility index (Phi) is 4.64. The van der Waals surface area contributed by atoms with Crippen molar-refractivity contribution in [1.29, 1.82) is 0 Å². The summed E-state index contributed by atoms with van der Waals surface area (Å²) in [5.74, 6) is -2.30. The minimum Gasteiger partial charge on any atom is -0.395 e. The summed E-state index contributed by atoms with van der Waals surface area (Å²) in [5, 5.41) is 12.9. The van der Waals surface area contributed by atoms with Crippen LogP contribution in [0.2, 0.25) is 0 Å². The van der Waals surface area contributed by atoms with Gasteiger partial charge in [-0.25, -0.2) is 13.1 Å². The van der Waals surface area contributed by atoms with Gasteiger partial charge in [0.15, 0.2) is 5.76 Å². The van der Waals surface area contributed by atoms with E-state index in [9.17, 15) is 28.1 Å². The molecule has 0 aliphatic rings. The first-order valence-electron chi connectivity index (χ1n) is 6.38. The zero-order chi connectivity index (χ0) is 17.9. The standard InChI is InChI=1S/C13H11N3O7S/c1-8(17)15-24(21,22)10-4-2-9(3-5-10)14-13(18)11-6-7-12(23-11)16(19)20/h2-7H,1H3,(H,14,18)(H,15,17). The third kappa shape index (κ3) is 3.95. The molecule has 2 rings (SSSR count). The molecule has 0 aliphatic heterocycles. The number of benzene rings is 1. The lowest BCUT2D eigenvalue weighted by Crippen LogP contribution is -2.28. The monoisotopic (exact) mass is 353 g/mol. The predicted molar refractivity (Wildman–Crippen MR) is 80.8 cm³/mol. The first kappa shape index (κ1) is 17.1. The molecule has 1 aromatic heterocycles. The maximum atomic E-state index is 11.9. The lowest BCUT2D eigenvalue weighted by atomic mass is 10.3. The van der Waals surface area contributed by atoms with Crippen molar-refractivity contribution in [1.82, 2.24) is 4.72 Å². The van der Waals surface area contributed by atoms with Gasteiger partial charge in [-0.2, -0.15) is 0 Å². The van der Waals surface area contributed by atoms with Crippen molar-refractivity contribution >= 4 is 33.4 Å². The van der Waals surface area contributed by atoms with Crippen LogP contribution in [0.5, 0.6) is 0 Å². The van der Waals surface area contributed by atoms with Crippen molar-refractivity contribution < 1.29 is 27.3 Å². The molecule has 0 saturated heterocycles. The summed E-state index contributed by atoms with van der Waals surface area (Å²) in [5.41, 5.74) is 0.237. The molecule has 24 heavy (non-hydrogen) atoms. The van der Waals surface area contributed by atoms with Crippen molar-refractivity contribution in [2.75, 3.05) is 5.32 Å². The van der Waals surface area contributed by atoms with E-state index in [0.717, 1.165) is 19.1 Å². The highest BCUT2D eigenvalue weighted by Gasteiger charge is 2.18. The second kappa shape index (κ2) is 6.50. The summed E-state index contributed by atoms with van der Waals surface area (Å²) in [6, 6.07) is 7.14. The van der Waals surface area contributed by atoms with Gasteiger partial charge >= 0.3 is 5.88 Å². The van der Waals surface area contributed by atoms with E-state index in [-0.39, 0.29) is 16.3 Å². The highest BCUT2D eigenvalue weighted by atomic mass is 32.2. The van der Waals surface area contributed by atoms with Gasteiger partial charge in [0.2, 0.25) is 5.91 Å². The summed E-state index contributed by atoms with van der Waals surface area (Å²) in [7, 11) is -3.97. The van der Waals surface area contributed by atoms with Crippen LogP contribution in [0.15, 0.2) is 45.7 Å². The third-order valence-electron chi connectivity index (χ3n) is 2.70. The van der Waals surface area contributed by atoms with Crippen LogP contribution in [-0.4, -0.2) is 25.2 Å². The smallest absolute Gasteiger partial charge is 0.395 e. The van der Waals surface area contributed by atoms with Gasteiger partial charge in [-0.05, 0) is 30.3 Å². The fourth-order valence-electron chi connectivity index (χ4n) is 1.71. The van der Waals surface area contributed by atoms with Crippen LogP contribution in [0.1, 0.15) is 17.5 Å². The molecule has 0 radical (unpaired) electrons. The predicted octanol–water partition coefficient (Wildman–Crippen LogP) is 1.26. The Balaban J connectivity index is 2.12.